The summed E-state index contributed by atoms with van der Waals surface area (Å²) < 4.78 is 0. The fourth-order valence-corrected chi connectivity index (χ4v) is 0.899. The molecule has 0 saturated carbocycles. The molecular weight excluding hydrogens is 129 g/mol. The average molecular weight is 141 g/mol. The van der Waals surface area contributed by atoms with E-state index in [4.69, 9.17) is 5.73 Å². The minimum atomic E-state index is 0. The van der Waals surface area contributed by atoms with Crippen LogP contribution in [-0.2, 0) is 0 Å². The maximum Gasteiger partial charge on any atom is 1.00 e. The summed E-state index contributed by atoms with van der Waals surface area (Å²) in [6, 6.07) is 10.2. The summed E-state index contributed by atoms with van der Waals surface area (Å²) in [5.74, 6) is 0.376. The first-order valence-electron chi connectivity index (χ1n) is 3.54. The minimum absolute atomic E-state index is 0. The molecule has 0 aliphatic carbocycles. The Labute approximate surface area is 80.2 Å². The molecule has 11 heavy (non-hydrogen) atoms. The Bertz CT molecular complexity index is 186. The number of nitrogens with one attached hydrogen (secondary N) is 1. The Kier molecular flexibility index (Phi) is 5.32. The van der Waals surface area contributed by atoms with E-state index in [1.807, 2.05) is 18.2 Å². The SMILES string of the molecule is CC(C[NH-])c1ccccc1.[Li+]. The molecule has 1 unspecified atom stereocenters. The summed E-state index contributed by atoms with van der Waals surface area (Å²) >= 11 is 0. The summed E-state index contributed by atoms with van der Waals surface area (Å²) in [4.78, 5) is 0. The molecule has 1 N–H and O–H groups in total. The van der Waals surface area contributed by atoms with E-state index in [1.165, 1.54) is 5.56 Å². The van der Waals surface area contributed by atoms with Crippen molar-refractivity contribution in [3.05, 3.63) is 41.6 Å². The summed E-state index contributed by atoms with van der Waals surface area (Å²) in [6.45, 7) is 2.55. The third kappa shape index (κ3) is 3.12. The maximum absolute atomic E-state index is 7.15. The van der Waals surface area contributed by atoms with Gasteiger partial charge in [-0.2, -0.15) is 0 Å². The average Bonchev–Trinajstić information content (AvgIpc) is 2.05. The molecule has 0 radical (unpaired) electrons. The van der Waals surface area contributed by atoms with Crippen LogP contribution in [0.1, 0.15) is 18.4 Å². The number of benzene rings is 1. The zero-order valence-electron chi connectivity index (χ0n) is 7.17. The van der Waals surface area contributed by atoms with E-state index >= 15 is 0 Å². The predicted octanol–water partition coefficient (Wildman–Crippen LogP) is -0.154. The van der Waals surface area contributed by atoms with E-state index in [-0.39, 0.29) is 18.9 Å². The van der Waals surface area contributed by atoms with Gasteiger partial charge in [-0.25, -0.2) is 0 Å². The molecule has 1 nitrogen and oxygen atoms in total. The van der Waals surface area contributed by atoms with E-state index in [9.17, 15) is 0 Å². The normalized spacial score (nSPS) is 11.8. The van der Waals surface area contributed by atoms with Gasteiger partial charge < -0.3 is 5.73 Å². The van der Waals surface area contributed by atoms with Gasteiger partial charge in [0, 0.05) is 0 Å². The molecule has 0 bridgehead atoms. The van der Waals surface area contributed by atoms with Gasteiger partial charge in [-0.1, -0.05) is 37.3 Å². The van der Waals surface area contributed by atoms with Crippen molar-refractivity contribution in [2.45, 2.75) is 12.8 Å². The molecular formula is C9H12LiN. The van der Waals surface area contributed by atoms with Crippen LogP contribution in [-0.4, -0.2) is 6.54 Å². The van der Waals surface area contributed by atoms with Crippen LogP contribution >= 0.6 is 0 Å². The standard InChI is InChI=1S/C9H12N.Li/c1-8(7-10)9-5-3-2-4-6-9;/h2-6,8,10H,7H2,1H3;/q-1;+1. The Morgan fingerprint density at radius 3 is 2.27 bits per heavy atom. The molecule has 0 fully saturated rings. The number of hydrogen-bond donors (Lipinski definition) is 0. The molecule has 2 heteroatoms. The van der Waals surface area contributed by atoms with Crippen molar-refractivity contribution in [3.8, 4) is 0 Å². The van der Waals surface area contributed by atoms with Crippen LogP contribution in [0.15, 0.2) is 30.3 Å². The molecule has 1 rings (SSSR count). The Hall–Kier alpha value is -0.223. The van der Waals surface area contributed by atoms with Crippen molar-refractivity contribution in [3.63, 3.8) is 0 Å². The van der Waals surface area contributed by atoms with Gasteiger partial charge >= 0.3 is 18.9 Å². The van der Waals surface area contributed by atoms with Gasteiger partial charge in [0.2, 0.25) is 0 Å². The van der Waals surface area contributed by atoms with Crippen LogP contribution in [0.2, 0.25) is 0 Å². The van der Waals surface area contributed by atoms with E-state index in [2.05, 4.69) is 19.1 Å². The van der Waals surface area contributed by atoms with E-state index in [0.29, 0.717) is 12.5 Å². The van der Waals surface area contributed by atoms with Crippen LogP contribution in [0.25, 0.3) is 5.73 Å². The summed E-state index contributed by atoms with van der Waals surface area (Å²) in [5.41, 5.74) is 8.41. The van der Waals surface area contributed by atoms with E-state index in [1.54, 1.807) is 0 Å². The Morgan fingerprint density at radius 2 is 1.82 bits per heavy atom. The maximum atomic E-state index is 7.15. The third-order valence-electron chi connectivity index (χ3n) is 1.67. The van der Waals surface area contributed by atoms with Gasteiger partial charge in [-0.05, 0) is 11.5 Å². The van der Waals surface area contributed by atoms with Gasteiger partial charge in [-0.3, -0.25) is 0 Å². The van der Waals surface area contributed by atoms with Gasteiger partial charge in [0.15, 0.2) is 0 Å². The van der Waals surface area contributed by atoms with Crippen molar-refractivity contribution < 1.29 is 18.9 Å². The zero-order valence-corrected chi connectivity index (χ0v) is 7.17. The first kappa shape index (κ1) is 10.8. The van der Waals surface area contributed by atoms with Crippen molar-refractivity contribution >= 4 is 0 Å². The fraction of sp³-hybridized carbons (Fsp3) is 0.333. The van der Waals surface area contributed by atoms with Gasteiger partial charge in [0.1, 0.15) is 0 Å². The van der Waals surface area contributed by atoms with Crippen molar-refractivity contribution in [1.29, 1.82) is 0 Å². The molecule has 1 aromatic rings. The second kappa shape index (κ2) is 5.43. The molecule has 0 aromatic heterocycles. The molecule has 1 atom stereocenters. The first-order chi connectivity index (χ1) is 4.84. The Morgan fingerprint density at radius 1 is 1.27 bits per heavy atom. The number of rotatable bonds is 2. The third-order valence-corrected chi connectivity index (χ3v) is 1.67. The predicted molar refractivity (Wildman–Crippen MR) is 44.0 cm³/mol. The molecule has 1 aromatic carbocycles. The van der Waals surface area contributed by atoms with E-state index < -0.39 is 0 Å². The monoisotopic (exact) mass is 141 g/mol. The van der Waals surface area contributed by atoms with Crippen LogP contribution in [0, 0.1) is 0 Å². The van der Waals surface area contributed by atoms with Crippen LogP contribution in [0.5, 0.6) is 0 Å². The minimum Gasteiger partial charge on any atom is -0.677 e. The van der Waals surface area contributed by atoms with Gasteiger partial charge in [-0.15, -0.1) is 6.54 Å². The summed E-state index contributed by atoms with van der Waals surface area (Å²) in [6.07, 6.45) is 0. The van der Waals surface area contributed by atoms with Crippen LogP contribution in [0.4, 0.5) is 0 Å². The smallest absolute Gasteiger partial charge is 0.677 e. The molecule has 54 valence electrons. The van der Waals surface area contributed by atoms with Crippen LogP contribution in [0.3, 0.4) is 0 Å². The fourth-order valence-electron chi connectivity index (χ4n) is 0.899. The largest absolute Gasteiger partial charge is 1.00 e. The van der Waals surface area contributed by atoms with Crippen molar-refractivity contribution in [1.82, 2.24) is 0 Å². The molecule has 0 amide bonds. The molecule has 0 spiro atoms. The van der Waals surface area contributed by atoms with Crippen LogP contribution < -0.4 is 18.9 Å². The summed E-state index contributed by atoms with van der Waals surface area (Å²) in [7, 11) is 0. The van der Waals surface area contributed by atoms with Crippen molar-refractivity contribution in [2.75, 3.05) is 6.54 Å². The number of hydrogen-bond acceptors (Lipinski definition) is 0. The topological polar surface area (TPSA) is 23.8 Å². The zero-order chi connectivity index (χ0) is 7.40. The molecule has 0 saturated heterocycles. The van der Waals surface area contributed by atoms with Gasteiger partial charge in [0.25, 0.3) is 0 Å². The first-order valence-corrected chi connectivity index (χ1v) is 3.54. The van der Waals surface area contributed by atoms with E-state index in [0.717, 1.165) is 0 Å². The molecule has 0 aliphatic heterocycles. The quantitative estimate of drug-likeness (QED) is 0.511. The summed E-state index contributed by atoms with van der Waals surface area (Å²) in [5, 5.41) is 0. The second-order valence-electron chi connectivity index (χ2n) is 2.52. The molecule has 0 heterocycles. The van der Waals surface area contributed by atoms with Crippen molar-refractivity contribution in [2.24, 2.45) is 0 Å². The second-order valence-corrected chi connectivity index (χ2v) is 2.52. The Balaban J connectivity index is 0.000001000. The molecule has 0 aliphatic rings. The van der Waals surface area contributed by atoms with Gasteiger partial charge in [0.05, 0.1) is 0 Å².